The zero-order valence-electron chi connectivity index (χ0n) is 10.2. The lowest BCUT2D eigenvalue weighted by molar-refractivity contribution is 0.0683. The number of hydrogen-bond acceptors (Lipinski definition) is 4. The summed E-state index contributed by atoms with van der Waals surface area (Å²) in [5, 5.41) is 21.5. The first-order valence-electron chi connectivity index (χ1n) is 6.00. The molecule has 1 fully saturated rings. The van der Waals surface area contributed by atoms with Crippen molar-refractivity contribution in [1.82, 2.24) is 14.8 Å². The Morgan fingerprint density at radius 2 is 2.25 bits per heavy atom. The van der Waals surface area contributed by atoms with Crippen molar-refractivity contribution in [3.8, 4) is 11.8 Å². The minimum atomic E-state index is -1.25. The van der Waals surface area contributed by atoms with Crippen LogP contribution in [0.4, 0.5) is 4.39 Å². The Bertz CT molecular complexity index is 743. The molecule has 0 atom stereocenters. The van der Waals surface area contributed by atoms with E-state index in [-0.39, 0.29) is 23.0 Å². The number of benzene rings is 1. The van der Waals surface area contributed by atoms with Crippen molar-refractivity contribution in [2.75, 3.05) is 0 Å². The number of carbonyl (C=O) groups is 1. The summed E-state index contributed by atoms with van der Waals surface area (Å²) in [5.74, 6) is -1.67. The highest BCUT2D eigenvalue weighted by Crippen LogP contribution is 2.40. The number of hydrogen-bond donors (Lipinski definition) is 1. The van der Waals surface area contributed by atoms with E-state index in [9.17, 15) is 9.18 Å². The third kappa shape index (κ3) is 2.01. The average Bonchev–Trinajstić information content (AvgIpc) is 3.17. The summed E-state index contributed by atoms with van der Waals surface area (Å²) >= 11 is 0. The molecule has 7 heteroatoms. The predicted molar refractivity (Wildman–Crippen MR) is 65.0 cm³/mol. The standard InChI is InChI=1S/C13H9FN4O2/c14-9-5-7(6-15)1-4-10(9)18-12(8-2-3-8)16-11(17-18)13(19)20/h1,4-5,8H,2-3H2,(H,19,20). The predicted octanol–water partition coefficient (Wildman–Crippen LogP) is 1.85. The number of nitriles is 1. The number of aromatic carboxylic acids is 1. The molecular formula is C13H9FN4O2. The second-order valence-electron chi connectivity index (χ2n) is 4.56. The van der Waals surface area contributed by atoms with Crippen LogP contribution >= 0.6 is 0 Å². The van der Waals surface area contributed by atoms with Gasteiger partial charge in [-0.2, -0.15) is 5.26 Å². The van der Waals surface area contributed by atoms with Gasteiger partial charge in [0.1, 0.15) is 17.3 Å². The van der Waals surface area contributed by atoms with E-state index in [0.717, 1.165) is 18.9 Å². The number of halogens is 1. The highest BCUT2D eigenvalue weighted by Gasteiger charge is 2.32. The molecule has 0 bridgehead atoms. The maximum Gasteiger partial charge on any atom is 0.375 e. The highest BCUT2D eigenvalue weighted by molar-refractivity contribution is 5.83. The van der Waals surface area contributed by atoms with E-state index in [1.807, 2.05) is 6.07 Å². The van der Waals surface area contributed by atoms with Gasteiger partial charge in [0.2, 0.25) is 0 Å². The summed E-state index contributed by atoms with van der Waals surface area (Å²) in [6.07, 6.45) is 1.77. The van der Waals surface area contributed by atoms with Crippen molar-refractivity contribution < 1.29 is 14.3 Å². The van der Waals surface area contributed by atoms with Gasteiger partial charge in [-0.05, 0) is 31.0 Å². The van der Waals surface area contributed by atoms with Crippen LogP contribution in [0.1, 0.15) is 40.8 Å². The summed E-state index contributed by atoms with van der Waals surface area (Å²) in [4.78, 5) is 14.9. The van der Waals surface area contributed by atoms with Crippen molar-refractivity contribution in [2.45, 2.75) is 18.8 Å². The Kier molecular flexibility index (Phi) is 2.71. The minimum Gasteiger partial charge on any atom is -0.475 e. The fraction of sp³-hybridized carbons (Fsp3) is 0.231. The molecule has 0 unspecified atom stereocenters. The molecule has 0 aliphatic heterocycles. The second kappa shape index (κ2) is 4.42. The molecule has 100 valence electrons. The molecule has 0 amide bonds. The first kappa shape index (κ1) is 12.3. The molecule has 3 rings (SSSR count). The number of aromatic nitrogens is 3. The average molecular weight is 272 g/mol. The number of rotatable bonds is 3. The quantitative estimate of drug-likeness (QED) is 0.920. The molecule has 1 aromatic carbocycles. The molecule has 0 radical (unpaired) electrons. The Balaban J connectivity index is 2.14. The van der Waals surface area contributed by atoms with Crippen LogP contribution in [0, 0.1) is 17.1 Å². The van der Waals surface area contributed by atoms with Gasteiger partial charge in [0, 0.05) is 5.92 Å². The molecule has 2 aromatic rings. The van der Waals surface area contributed by atoms with Gasteiger partial charge in [-0.25, -0.2) is 18.9 Å². The fourth-order valence-electron chi connectivity index (χ4n) is 1.95. The highest BCUT2D eigenvalue weighted by atomic mass is 19.1. The summed E-state index contributed by atoms with van der Waals surface area (Å²) in [6, 6.07) is 5.79. The topological polar surface area (TPSA) is 91.8 Å². The Labute approximate surface area is 113 Å². The maximum atomic E-state index is 14.0. The maximum absolute atomic E-state index is 14.0. The van der Waals surface area contributed by atoms with Crippen LogP contribution in [0.25, 0.3) is 5.69 Å². The molecule has 0 saturated heterocycles. The van der Waals surface area contributed by atoms with E-state index in [2.05, 4.69) is 10.1 Å². The molecular weight excluding hydrogens is 263 g/mol. The second-order valence-corrected chi connectivity index (χ2v) is 4.56. The lowest BCUT2D eigenvalue weighted by Crippen LogP contribution is -2.05. The molecule has 1 N–H and O–H groups in total. The summed E-state index contributed by atoms with van der Waals surface area (Å²) in [6.45, 7) is 0. The van der Waals surface area contributed by atoms with Gasteiger partial charge in [0.05, 0.1) is 11.6 Å². The molecule has 1 aliphatic rings. The Morgan fingerprint density at radius 3 is 2.80 bits per heavy atom. The van der Waals surface area contributed by atoms with Crippen molar-refractivity contribution in [2.24, 2.45) is 0 Å². The normalized spacial score (nSPS) is 14.0. The largest absolute Gasteiger partial charge is 0.475 e. The van der Waals surface area contributed by atoms with Gasteiger partial charge in [-0.3, -0.25) is 0 Å². The summed E-state index contributed by atoms with van der Waals surface area (Å²) in [5.41, 5.74) is 0.295. The van der Waals surface area contributed by atoms with Crippen LogP contribution in [0.5, 0.6) is 0 Å². The van der Waals surface area contributed by atoms with Crippen molar-refractivity contribution >= 4 is 5.97 Å². The molecule has 1 heterocycles. The van der Waals surface area contributed by atoms with Gasteiger partial charge < -0.3 is 5.11 Å². The van der Waals surface area contributed by atoms with Crippen LogP contribution in [0.3, 0.4) is 0 Å². The monoisotopic (exact) mass is 272 g/mol. The van der Waals surface area contributed by atoms with Crippen LogP contribution in [0.15, 0.2) is 18.2 Å². The third-order valence-corrected chi connectivity index (χ3v) is 3.07. The summed E-state index contributed by atoms with van der Waals surface area (Å²) in [7, 11) is 0. The van der Waals surface area contributed by atoms with E-state index >= 15 is 0 Å². The van der Waals surface area contributed by atoms with Gasteiger partial charge in [-0.1, -0.05) is 0 Å². The van der Waals surface area contributed by atoms with E-state index in [1.165, 1.54) is 16.8 Å². The molecule has 0 spiro atoms. The number of carboxylic acids is 1. The number of nitrogens with zero attached hydrogens (tertiary/aromatic N) is 4. The Morgan fingerprint density at radius 1 is 1.50 bits per heavy atom. The molecule has 1 saturated carbocycles. The van der Waals surface area contributed by atoms with Gasteiger partial charge >= 0.3 is 5.97 Å². The van der Waals surface area contributed by atoms with Gasteiger partial charge in [-0.15, -0.1) is 5.10 Å². The van der Waals surface area contributed by atoms with Gasteiger partial charge in [0.25, 0.3) is 5.82 Å². The zero-order valence-corrected chi connectivity index (χ0v) is 10.2. The SMILES string of the molecule is N#Cc1ccc(-n2nc(C(=O)O)nc2C2CC2)c(F)c1. The van der Waals surface area contributed by atoms with E-state index in [4.69, 9.17) is 10.4 Å². The first-order chi connectivity index (χ1) is 9.60. The number of carboxylic acid groups (broad SMARTS) is 1. The van der Waals surface area contributed by atoms with Crippen molar-refractivity contribution in [1.29, 1.82) is 5.26 Å². The van der Waals surface area contributed by atoms with Crippen molar-refractivity contribution in [3.05, 3.63) is 41.2 Å². The van der Waals surface area contributed by atoms with Gasteiger partial charge in [0.15, 0.2) is 0 Å². The lowest BCUT2D eigenvalue weighted by Gasteiger charge is -2.06. The molecule has 1 aromatic heterocycles. The smallest absolute Gasteiger partial charge is 0.375 e. The first-order valence-corrected chi connectivity index (χ1v) is 6.00. The van der Waals surface area contributed by atoms with Crippen LogP contribution < -0.4 is 0 Å². The van der Waals surface area contributed by atoms with E-state index < -0.39 is 11.8 Å². The van der Waals surface area contributed by atoms with Crippen LogP contribution in [0.2, 0.25) is 0 Å². The minimum absolute atomic E-state index is 0.103. The zero-order chi connectivity index (χ0) is 14.3. The van der Waals surface area contributed by atoms with Crippen molar-refractivity contribution in [3.63, 3.8) is 0 Å². The molecule has 1 aliphatic carbocycles. The summed E-state index contributed by atoms with van der Waals surface area (Å²) < 4.78 is 15.2. The Hall–Kier alpha value is -2.75. The van der Waals surface area contributed by atoms with Crippen LogP contribution in [-0.2, 0) is 0 Å². The van der Waals surface area contributed by atoms with E-state index in [0.29, 0.717) is 5.82 Å². The van der Waals surface area contributed by atoms with Crippen LogP contribution in [-0.4, -0.2) is 25.8 Å². The third-order valence-electron chi connectivity index (χ3n) is 3.07. The molecule has 20 heavy (non-hydrogen) atoms. The lowest BCUT2D eigenvalue weighted by atomic mass is 10.2. The van der Waals surface area contributed by atoms with E-state index in [1.54, 1.807) is 0 Å². The fourth-order valence-corrected chi connectivity index (χ4v) is 1.95. The molecule has 6 nitrogen and oxygen atoms in total.